The summed E-state index contributed by atoms with van der Waals surface area (Å²) in [5, 5.41) is 5.88. The summed E-state index contributed by atoms with van der Waals surface area (Å²) >= 11 is 1.20. The number of halogens is 1. The molecule has 0 spiro atoms. The van der Waals surface area contributed by atoms with Crippen LogP contribution in [0.1, 0.15) is 52.9 Å². The van der Waals surface area contributed by atoms with Crippen molar-refractivity contribution in [3.63, 3.8) is 0 Å². The van der Waals surface area contributed by atoms with Gasteiger partial charge < -0.3 is 19.6 Å². The van der Waals surface area contributed by atoms with E-state index in [9.17, 15) is 22.4 Å². The Labute approximate surface area is 219 Å². The van der Waals surface area contributed by atoms with Gasteiger partial charge in [0.05, 0.1) is 10.2 Å². The summed E-state index contributed by atoms with van der Waals surface area (Å²) in [4.78, 5) is 28.1. The predicted molar refractivity (Wildman–Crippen MR) is 140 cm³/mol. The fourth-order valence-corrected chi connectivity index (χ4v) is 5.07. The SMILES string of the molecule is CC(C)(C)OC(=O)NCCCCCCC(=O)Nc1nc2ccc(OS(=O)(=O)c3ccc(F)cc3)cc2s1. The van der Waals surface area contributed by atoms with Gasteiger partial charge in [0.1, 0.15) is 22.1 Å². The van der Waals surface area contributed by atoms with Crippen molar-refractivity contribution in [1.82, 2.24) is 10.3 Å². The highest BCUT2D eigenvalue weighted by Crippen LogP contribution is 2.30. The van der Waals surface area contributed by atoms with Crippen LogP contribution >= 0.6 is 11.3 Å². The van der Waals surface area contributed by atoms with Crippen molar-refractivity contribution in [2.45, 2.75) is 63.4 Å². The number of rotatable bonds is 11. The zero-order chi connectivity index (χ0) is 27.1. The first-order valence-electron chi connectivity index (χ1n) is 11.8. The highest BCUT2D eigenvalue weighted by atomic mass is 32.2. The van der Waals surface area contributed by atoms with Crippen LogP contribution in [0.2, 0.25) is 0 Å². The van der Waals surface area contributed by atoms with E-state index in [4.69, 9.17) is 8.92 Å². The van der Waals surface area contributed by atoms with E-state index in [1.54, 1.807) is 6.07 Å². The third-order valence-electron chi connectivity index (χ3n) is 4.91. The number of aromatic nitrogens is 1. The van der Waals surface area contributed by atoms with Gasteiger partial charge in [-0.3, -0.25) is 4.79 Å². The third-order valence-corrected chi connectivity index (χ3v) is 7.11. The average Bonchev–Trinajstić information content (AvgIpc) is 3.18. The molecule has 0 unspecified atom stereocenters. The lowest BCUT2D eigenvalue weighted by Crippen LogP contribution is -2.32. The van der Waals surface area contributed by atoms with Gasteiger partial charge in [-0.15, -0.1) is 0 Å². The van der Waals surface area contributed by atoms with Crippen LogP contribution in [-0.4, -0.2) is 37.5 Å². The van der Waals surface area contributed by atoms with Crippen LogP contribution in [0, 0.1) is 5.82 Å². The molecular weight excluding hydrogens is 521 g/mol. The number of unbranched alkanes of at least 4 members (excludes halogenated alkanes) is 3. The molecule has 0 saturated carbocycles. The second-order valence-electron chi connectivity index (χ2n) is 9.28. The largest absolute Gasteiger partial charge is 0.444 e. The smallest absolute Gasteiger partial charge is 0.407 e. The molecule has 3 rings (SSSR count). The molecular formula is C25H30FN3O6S2. The second kappa shape index (κ2) is 12.3. The summed E-state index contributed by atoms with van der Waals surface area (Å²) in [5.41, 5.74) is 0.0622. The number of nitrogens with one attached hydrogen (secondary N) is 2. The number of ether oxygens (including phenoxy) is 1. The lowest BCUT2D eigenvalue weighted by molar-refractivity contribution is -0.116. The molecule has 0 radical (unpaired) electrons. The predicted octanol–water partition coefficient (Wildman–Crippen LogP) is 5.62. The molecule has 0 fully saturated rings. The van der Waals surface area contributed by atoms with Gasteiger partial charge >= 0.3 is 16.2 Å². The third kappa shape index (κ3) is 9.29. The molecule has 1 heterocycles. The molecule has 0 aliphatic carbocycles. The Morgan fingerprint density at radius 2 is 1.73 bits per heavy atom. The van der Waals surface area contributed by atoms with Crippen molar-refractivity contribution < 1.29 is 31.3 Å². The molecule has 0 atom stereocenters. The standard InChI is InChI=1S/C25H30FN3O6S2/c1-25(2,3)34-24(31)27-15-7-5-4-6-8-22(30)29-23-28-20-14-11-18(16-21(20)36-23)35-37(32,33)19-12-9-17(26)10-13-19/h9-14,16H,4-8,15H2,1-3H3,(H,27,31)(H,28,29,30). The van der Waals surface area contributed by atoms with Crippen molar-refractivity contribution in [2.24, 2.45) is 0 Å². The number of nitrogens with zero attached hydrogens (tertiary/aromatic N) is 1. The van der Waals surface area contributed by atoms with Gasteiger partial charge in [-0.25, -0.2) is 14.2 Å². The first kappa shape index (κ1) is 28.3. The summed E-state index contributed by atoms with van der Waals surface area (Å²) in [6.45, 7) is 5.94. The van der Waals surface area contributed by atoms with Crippen LogP contribution < -0.4 is 14.8 Å². The summed E-state index contributed by atoms with van der Waals surface area (Å²) in [7, 11) is -4.12. The topological polar surface area (TPSA) is 124 Å². The number of carbonyl (C=O) groups is 2. The van der Waals surface area contributed by atoms with Crippen LogP contribution in [0.25, 0.3) is 10.2 Å². The summed E-state index contributed by atoms with van der Waals surface area (Å²) in [5.74, 6) is -0.631. The minimum Gasteiger partial charge on any atom is -0.444 e. The summed E-state index contributed by atoms with van der Waals surface area (Å²) < 4.78 is 48.9. The average molecular weight is 552 g/mol. The number of thiazole rings is 1. The van der Waals surface area contributed by atoms with E-state index in [-0.39, 0.29) is 16.6 Å². The number of carbonyl (C=O) groups excluding carboxylic acids is 2. The molecule has 37 heavy (non-hydrogen) atoms. The van der Waals surface area contributed by atoms with Gasteiger partial charge in [-0.05, 0) is 70.0 Å². The van der Waals surface area contributed by atoms with Crippen LogP contribution in [0.3, 0.4) is 0 Å². The molecule has 200 valence electrons. The normalized spacial score (nSPS) is 11.8. The molecule has 0 aliphatic heterocycles. The zero-order valence-corrected chi connectivity index (χ0v) is 22.5. The first-order chi connectivity index (χ1) is 17.4. The molecule has 2 amide bonds. The number of hydrogen-bond donors (Lipinski definition) is 2. The maximum Gasteiger partial charge on any atom is 0.407 e. The fraction of sp³-hybridized carbons (Fsp3) is 0.400. The number of amides is 2. The van der Waals surface area contributed by atoms with E-state index in [1.807, 2.05) is 20.8 Å². The molecule has 9 nitrogen and oxygen atoms in total. The molecule has 3 aromatic rings. The van der Waals surface area contributed by atoms with Crippen molar-refractivity contribution in [2.75, 3.05) is 11.9 Å². The number of alkyl carbamates (subject to hydrolysis) is 1. The van der Waals surface area contributed by atoms with Crippen LogP contribution in [-0.2, 0) is 19.6 Å². The number of anilines is 1. The van der Waals surface area contributed by atoms with Crippen molar-refractivity contribution in [3.8, 4) is 5.75 Å². The molecule has 12 heteroatoms. The first-order valence-corrected chi connectivity index (χ1v) is 14.0. The highest BCUT2D eigenvalue weighted by molar-refractivity contribution is 7.87. The van der Waals surface area contributed by atoms with Crippen molar-refractivity contribution in [3.05, 3.63) is 48.3 Å². The van der Waals surface area contributed by atoms with E-state index in [0.717, 1.165) is 43.5 Å². The van der Waals surface area contributed by atoms with Crippen molar-refractivity contribution in [1.29, 1.82) is 0 Å². The van der Waals surface area contributed by atoms with Gasteiger partial charge in [0.15, 0.2) is 5.13 Å². The van der Waals surface area contributed by atoms with Gasteiger partial charge in [-0.2, -0.15) is 8.42 Å². The number of benzene rings is 2. The molecule has 0 bridgehead atoms. The van der Waals surface area contributed by atoms with Crippen LogP contribution in [0.15, 0.2) is 47.4 Å². The van der Waals surface area contributed by atoms with Gasteiger partial charge in [0.2, 0.25) is 5.91 Å². The maximum absolute atomic E-state index is 13.1. The van der Waals surface area contributed by atoms with E-state index in [0.29, 0.717) is 34.7 Å². The van der Waals surface area contributed by atoms with E-state index >= 15 is 0 Å². The number of hydrogen-bond acceptors (Lipinski definition) is 8. The lowest BCUT2D eigenvalue weighted by Gasteiger charge is -2.19. The van der Waals surface area contributed by atoms with E-state index < -0.39 is 27.6 Å². The minimum absolute atomic E-state index is 0.0829. The van der Waals surface area contributed by atoms with Gasteiger partial charge in [0.25, 0.3) is 0 Å². The summed E-state index contributed by atoms with van der Waals surface area (Å²) in [6.07, 6.45) is 3.10. The Balaban J connectivity index is 1.42. The molecule has 0 aliphatic rings. The molecule has 2 N–H and O–H groups in total. The monoisotopic (exact) mass is 551 g/mol. The van der Waals surface area contributed by atoms with E-state index in [1.165, 1.54) is 23.5 Å². The maximum atomic E-state index is 13.1. The zero-order valence-electron chi connectivity index (χ0n) is 20.9. The van der Waals surface area contributed by atoms with Gasteiger partial charge in [-0.1, -0.05) is 24.2 Å². The van der Waals surface area contributed by atoms with Crippen LogP contribution in [0.4, 0.5) is 14.3 Å². The Hall–Kier alpha value is -3.25. The van der Waals surface area contributed by atoms with E-state index in [2.05, 4.69) is 15.6 Å². The Bertz CT molecular complexity index is 1330. The molecule has 1 aromatic heterocycles. The summed E-state index contributed by atoms with van der Waals surface area (Å²) in [6, 6.07) is 8.93. The van der Waals surface area contributed by atoms with Gasteiger partial charge in [0, 0.05) is 19.0 Å². The highest BCUT2D eigenvalue weighted by Gasteiger charge is 2.18. The Morgan fingerprint density at radius 1 is 1.03 bits per heavy atom. The lowest BCUT2D eigenvalue weighted by atomic mass is 10.1. The molecule has 0 saturated heterocycles. The minimum atomic E-state index is -4.12. The fourth-order valence-electron chi connectivity index (χ4n) is 3.24. The Morgan fingerprint density at radius 3 is 2.43 bits per heavy atom. The van der Waals surface area contributed by atoms with Crippen LogP contribution in [0.5, 0.6) is 5.75 Å². The molecule has 2 aromatic carbocycles. The number of fused-ring (bicyclic) bond motifs is 1. The quantitative estimate of drug-likeness (QED) is 0.234. The van der Waals surface area contributed by atoms with Crippen molar-refractivity contribution >= 4 is 48.8 Å². The second-order valence-corrected chi connectivity index (χ2v) is 11.9. The Kier molecular flexibility index (Phi) is 9.44.